The summed E-state index contributed by atoms with van der Waals surface area (Å²) in [6.45, 7) is 8.48. The van der Waals surface area contributed by atoms with Crippen LogP contribution in [0.4, 0.5) is 5.13 Å². The number of carbonyl (C=O) groups excluding carboxylic acids is 1. The van der Waals surface area contributed by atoms with Crippen molar-refractivity contribution in [1.82, 2.24) is 4.98 Å². The van der Waals surface area contributed by atoms with E-state index in [1.54, 1.807) is 52.1 Å². The van der Waals surface area contributed by atoms with Crippen molar-refractivity contribution in [3.05, 3.63) is 142 Å². The number of fused-ring (bicyclic) bond motifs is 1. The number of rotatable bonds is 11. The molecule has 11 heteroatoms. The van der Waals surface area contributed by atoms with E-state index in [0.717, 1.165) is 16.7 Å². The Bertz CT molecular complexity index is 1920. The number of hydrogen-bond donors (Lipinski definition) is 2. The lowest BCUT2D eigenvalue weighted by Gasteiger charge is -2.36. The normalized spacial score (nSPS) is 13.8. The Kier molecular flexibility index (Phi) is 9.35. The largest absolute Gasteiger partial charge is 0.476 e. The van der Waals surface area contributed by atoms with Gasteiger partial charge < -0.3 is 29.5 Å². The Morgan fingerprint density at radius 3 is 1.94 bits per heavy atom. The summed E-state index contributed by atoms with van der Waals surface area (Å²) >= 11 is 1.25. The molecule has 10 nitrogen and oxygen atoms in total. The number of carboxylic acids is 1. The van der Waals surface area contributed by atoms with E-state index in [2.05, 4.69) is 15.5 Å². The number of hydrogen-bond acceptors (Lipinski definition) is 10. The molecule has 6 rings (SSSR count). The van der Waals surface area contributed by atoms with Crippen molar-refractivity contribution in [3.63, 3.8) is 0 Å². The zero-order valence-corrected chi connectivity index (χ0v) is 29.1. The van der Waals surface area contributed by atoms with Crippen LogP contribution in [0, 0.1) is 0 Å². The highest BCUT2D eigenvalue weighted by Gasteiger charge is 2.39. The van der Waals surface area contributed by atoms with Crippen molar-refractivity contribution in [1.29, 1.82) is 0 Å². The van der Waals surface area contributed by atoms with Gasteiger partial charge in [-0.25, -0.2) is 14.6 Å². The molecule has 0 unspecified atom stereocenters. The van der Waals surface area contributed by atoms with Gasteiger partial charge in [-0.15, -0.1) is 11.3 Å². The number of aliphatic carboxylic acids is 1. The first kappa shape index (κ1) is 34.2. The van der Waals surface area contributed by atoms with E-state index in [4.69, 9.17) is 19.0 Å². The number of nitrogens with zero attached hydrogens (tertiary/aromatic N) is 2. The summed E-state index contributed by atoms with van der Waals surface area (Å²) in [5.74, 6) is -2.35. The summed E-state index contributed by atoms with van der Waals surface area (Å²) in [6.07, 6.45) is 0. The molecule has 5 aromatic rings. The highest BCUT2D eigenvalue weighted by molar-refractivity contribution is 7.14. The summed E-state index contributed by atoms with van der Waals surface area (Å²) in [5.41, 5.74) is 1.47. The van der Waals surface area contributed by atoms with Crippen LogP contribution in [0.25, 0.3) is 0 Å². The number of oxime groups is 1. The average Bonchev–Trinajstić information content (AvgIpc) is 3.67. The van der Waals surface area contributed by atoms with Gasteiger partial charge in [-0.05, 0) is 43.5 Å². The van der Waals surface area contributed by atoms with Crippen LogP contribution in [-0.2, 0) is 26.5 Å². The Morgan fingerprint density at radius 2 is 1.42 bits per heavy atom. The molecule has 0 saturated carbocycles. The molecule has 1 aliphatic heterocycles. The molecular weight excluding hydrogens is 655 g/mol. The molecule has 0 fully saturated rings. The second kappa shape index (κ2) is 13.7. The molecule has 0 amide bonds. The average molecular weight is 692 g/mol. The van der Waals surface area contributed by atoms with E-state index >= 15 is 0 Å². The van der Waals surface area contributed by atoms with Gasteiger partial charge in [0.15, 0.2) is 16.6 Å². The van der Waals surface area contributed by atoms with Gasteiger partial charge in [0, 0.05) is 24.8 Å². The molecule has 0 bridgehead atoms. The van der Waals surface area contributed by atoms with Gasteiger partial charge in [0.25, 0.3) is 0 Å². The Hall–Kier alpha value is -5.68. The van der Waals surface area contributed by atoms with E-state index in [1.165, 1.54) is 11.3 Å². The molecule has 1 aliphatic rings. The minimum atomic E-state index is -1.33. The number of ether oxygens (including phenoxy) is 3. The van der Waals surface area contributed by atoms with E-state index in [-0.39, 0.29) is 23.6 Å². The molecule has 1 aromatic heterocycles. The minimum absolute atomic E-state index is 0.105. The van der Waals surface area contributed by atoms with Crippen LogP contribution in [0.15, 0.2) is 114 Å². The molecule has 4 aromatic carbocycles. The van der Waals surface area contributed by atoms with Crippen LogP contribution >= 0.6 is 11.3 Å². The highest BCUT2D eigenvalue weighted by atomic mass is 32.1. The Balaban J connectivity index is 1.32. The molecule has 0 saturated heterocycles. The predicted octanol–water partition coefficient (Wildman–Crippen LogP) is 8.02. The van der Waals surface area contributed by atoms with E-state index in [1.807, 2.05) is 91.0 Å². The van der Waals surface area contributed by atoms with Gasteiger partial charge in [-0.3, -0.25) is 0 Å². The molecule has 0 atom stereocenters. The van der Waals surface area contributed by atoms with Gasteiger partial charge in [-0.1, -0.05) is 102 Å². The Morgan fingerprint density at radius 1 is 0.860 bits per heavy atom. The first-order valence-electron chi connectivity index (χ1n) is 16.0. The summed E-state index contributed by atoms with van der Waals surface area (Å²) < 4.78 is 17.4. The van der Waals surface area contributed by atoms with Crippen molar-refractivity contribution >= 4 is 34.1 Å². The number of carbonyl (C=O) groups is 2. The van der Waals surface area contributed by atoms with Crippen LogP contribution in [0.3, 0.4) is 0 Å². The van der Waals surface area contributed by atoms with Crippen LogP contribution in [0.1, 0.15) is 72.9 Å². The summed E-state index contributed by atoms with van der Waals surface area (Å²) in [4.78, 5) is 36.1. The van der Waals surface area contributed by atoms with Crippen molar-refractivity contribution in [2.45, 2.75) is 58.2 Å². The second-order valence-electron chi connectivity index (χ2n) is 13.1. The van der Waals surface area contributed by atoms with E-state index in [0.29, 0.717) is 16.4 Å². The lowest BCUT2D eigenvalue weighted by atomic mass is 9.77. The monoisotopic (exact) mass is 691 g/mol. The maximum atomic E-state index is 13.3. The van der Waals surface area contributed by atoms with E-state index in [9.17, 15) is 14.7 Å². The first-order chi connectivity index (χ1) is 23.9. The maximum Gasteiger partial charge on any atom is 0.360 e. The minimum Gasteiger partial charge on any atom is -0.476 e. The predicted molar refractivity (Wildman–Crippen MR) is 191 cm³/mol. The SMILES string of the molecule is CC(C)(C)OC(=O)c1c(CON=C(C(=O)O)c2csc(NC(c3ccccc3)(c3ccccc3)c3ccccc3)n2)ccc2c1OC(C)(C)O2. The fourth-order valence-electron chi connectivity index (χ4n) is 5.73. The standard InChI is InChI=1S/C39H37N3O7S/c1-37(2,3)49-35(45)31-25(21-22-30-33(31)48-38(4,5)47-30)23-46-42-32(34(43)44)29-24-50-36(40-29)41-39(26-15-9-6-10-16-26,27-17-11-7-12-18-27)28-19-13-8-14-20-28/h6-22,24H,23H2,1-5H3,(H,40,41)(H,43,44). The highest BCUT2D eigenvalue weighted by Crippen LogP contribution is 2.44. The van der Waals surface area contributed by atoms with Crippen molar-refractivity contribution in [2.75, 3.05) is 5.32 Å². The van der Waals surface area contributed by atoms with Crippen molar-refractivity contribution in [2.24, 2.45) is 5.16 Å². The van der Waals surface area contributed by atoms with Gasteiger partial charge in [0.2, 0.25) is 11.5 Å². The summed E-state index contributed by atoms with van der Waals surface area (Å²) in [5, 5.41) is 19.9. The number of esters is 1. The molecule has 256 valence electrons. The molecule has 0 aliphatic carbocycles. The van der Waals surface area contributed by atoms with Crippen LogP contribution < -0.4 is 14.8 Å². The molecule has 2 heterocycles. The number of thiazole rings is 1. The lowest BCUT2D eigenvalue weighted by Crippen LogP contribution is -2.38. The summed E-state index contributed by atoms with van der Waals surface area (Å²) in [7, 11) is 0. The van der Waals surface area contributed by atoms with Gasteiger partial charge in [-0.2, -0.15) is 0 Å². The summed E-state index contributed by atoms with van der Waals surface area (Å²) in [6, 6.07) is 33.3. The van der Waals surface area contributed by atoms with Gasteiger partial charge in [0.05, 0.1) is 0 Å². The number of nitrogens with one attached hydrogen (secondary N) is 1. The van der Waals surface area contributed by atoms with Gasteiger partial charge >= 0.3 is 11.9 Å². The number of carboxylic acid groups (broad SMARTS) is 1. The molecular formula is C39H37N3O7S. The third kappa shape index (κ3) is 7.18. The molecule has 2 N–H and O–H groups in total. The zero-order valence-electron chi connectivity index (χ0n) is 28.3. The number of aromatic nitrogens is 1. The van der Waals surface area contributed by atoms with Crippen LogP contribution in [0.2, 0.25) is 0 Å². The van der Waals surface area contributed by atoms with E-state index < -0.39 is 34.6 Å². The van der Waals surface area contributed by atoms with Crippen molar-refractivity contribution in [3.8, 4) is 11.5 Å². The number of benzene rings is 4. The van der Waals surface area contributed by atoms with Crippen LogP contribution in [-0.4, -0.2) is 39.1 Å². The quantitative estimate of drug-likeness (QED) is 0.0613. The zero-order chi connectivity index (χ0) is 35.5. The lowest BCUT2D eigenvalue weighted by molar-refractivity contribution is -0.129. The topological polar surface area (TPSA) is 129 Å². The van der Waals surface area contributed by atoms with Crippen LogP contribution in [0.5, 0.6) is 11.5 Å². The van der Waals surface area contributed by atoms with Gasteiger partial charge in [0.1, 0.15) is 29.0 Å². The second-order valence-corrected chi connectivity index (χ2v) is 13.9. The van der Waals surface area contributed by atoms with Crippen molar-refractivity contribution < 1.29 is 33.7 Å². The molecule has 50 heavy (non-hydrogen) atoms. The number of anilines is 1. The third-order valence-corrected chi connectivity index (χ3v) is 8.51. The molecule has 0 spiro atoms. The fraction of sp³-hybridized carbons (Fsp3) is 0.231. The third-order valence-electron chi connectivity index (χ3n) is 7.75. The maximum absolute atomic E-state index is 13.3. The first-order valence-corrected chi connectivity index (χ1v) is 16.9. The smallest absolute Gasteiger partial charge is 0.360 e. The molecule has 0 radical (unpaired) electrons. The Labute approximate surface area is 294 Å². The fourth-order valence-corrected chi connectivity index (χ4v) is 6.48.